The minimum atomic E-state index is -0.518. The first kappa shape index (κ1) is 29.4. The fourth-order valence-electron chi connectivity index (χ4n) is 4.43. The lowest BCUT2D eigenvalue weighted by molar-refractivity contribution is 0.0260. The Morgan fingerprint density at radius 3 is 1.73 bits per heavy atom. The zero-order valence-electron chi connectivity index (χ0n) is 24.2. The molecule has 2 aliphatic rings. The number of ether oxygens (including phenoxy) is 2. The molecule has 1 aromatic heterocycles. The van der Waals surface area contributed by atoms with E-state index in [1.807, 2.05) is 83.3 Å². The maximum atomic E-state index is 12.9. The van der Waals surface area contributed by atoms with Gasteiger partial charge in [-0.05, 0) is 100 Å². The van der Waals surface area contributed by atoms with Gasteiger partial charge in [-0.1, -0.05) is 24.3 Å². The Labute approximate surface area is 240 Å². The third-order valence-electron chi connectivity index (χ3n) is 6.43. The van der Waals surface area contributed by atoms with Gasteiger partial charge in [-0.2, -0.15) is 0 Å². The molecule has 0 bridgehead atoms. The third-order valence-corrected chi connectivity index (χ3v) is 7.36. The largest absolute Gasteiger partial charge is 0.444 e. The number of nitrogens with zero attached hydrogens (tertiary/aromatic N) is 2. The van der Waals surface area contributed by atoms with Crippen LogP contribution >= 0.6 is 11.3 Å². The first-order valence-electron chi connectivity index (χ1n) is 13.6. The third kappa shape index (κ3) is 7.97. The monoisotopic (exact) mass is 565 g/mol. The maximum absolute atomic E-state index is 12.9. The molecule has 4 rings (SSSR count). The highest BCUT2D eigenvalue weighted by Gasteiger charge is 2.25. The summed E-state index contributed by atoms with van der Waals surface area (Å²) in [4.78, 5) is 41.6. The van der Waals surface area contributed by atoms with Crippen molar-refractivity contribution in [3.63, 3.8) is 0 Å². The van der Waals surface area contributed by atoms with E-state index in [2.05, 4.69) is 11.4 Å². The molecule has 0 unspecified atom stereocenters. The summed E-state index contributed by atoms with van der Waals surface area (Å²) in [6.45, 7) is 13.4. The van der Waals surface area contributed by atoms with Crippen LogP contribution in [-0.4, -0.2) is 65.3 Å². The van der Waals surface area contributed by atoms with Crippen molar-refractivity contribution < 1.29 is 23.9 Å². The van der Waals surface area contributed by atoms with E-state index in [9.17, 15) is 14.4 Å². The van der Waals surface area contributed by atoms with Crippen molar-refractivity contribution in [2.75, 3.05) is 31.5 Å². The molecule has 0 spiro atoms. The number of carbonyl (C=O) groups excluding carboxylic acids is 3. The van der Waals surface area contributed by atoms with E-state index in [0.717, 1.165) is 28.8 Å². The quantitative estimate of drug-likeness (QED) is 0.429. The molecule has 0 fully saturated rings. The average Bonchev–Trinajstić information content (AvgIpc) is 3.38. The zero-order valence-corrected chi connectivity index (χ0v) is 25.0. The van der Waals surface area contributed by atoms with Crippen molar-refractivity contribution in [1.29, 1.82) is 0 Å². The highest BCUT2D eigenvalue weighted by atomic mass is 32.1. The number of benzene rings is 1. The van der Waals surface area contributed by atoms with Crippen LogP contribution in [0, 0.1) is 0 Å². The van der Waals surface area contributed by atoms with Gasteiger partial charge >= 0.3 is 12.2 Å². The minimum absolute atomic E-state index is 0.152. The van der Waals surface area contributed by atoms with Crippen LogP contribution in [0.3, 0.4) is 0 Å². The summed E-state index contributed by atoms with van der Waals surface area (Å²) < 4.78 is 10.9. The molecule has 2 aromatic rings. The molecule has 3 amide bonds. The van der Waals surface area contributed by atoms with Crippen molar-refractivity contribution in [2.24, 2.45) is 0 Å². The molecule has 0 saturated carbocycles. The van der Waals surface area contributed by atoms with Crippen LogP contribution < -0.4 is 5.32 Å². The number of rotatable bonds is 4. The Hall–Kier alpha value is -3.59. The predicted octanol–water partition coefficient (Wildman–Crippen LogP) is 7.05. The summed E-state index contributed by atoms with van der Waals surface area (Å²) in [5.41, 5.74) is 4.08. The van der Waals surface area contributed by atoms with Crippen LogP contribution in [0.4, 0.5) is 15.3 Å². The summed E-state index contributed by atoms with van der Waals surface area (Å²) in [6.07, 6.45) is 4.95. The van der Waals surface area contributed by atoms with Gasteiger partial charge < -0.3 is 24.6 Å². The second-order valence-electron chi connectivity index (χ2n) is 12.0. The van der Waals surface area contributed by atoms with Crippen molar-refractivity contribution >= 4 is 46.3 Å². The Balaban J connectivity index is 1.31. The molecular formula is C31H39N3O5S. The van der Waals surface area contributed by atoms with Gasteiger partial charge in [0, 0.05) is 31.9 Å². The second-order valence-corrected chi connectivity index (χ2v) is 13.0. The smallest absolute Gasteiger partial charge is 0.410 e. The van der Waals surface area contributed by atoms with E-state index < -0.39 is 11.2 Å². The van der Waals surface area contributed by atoms with Gasteiger partial charge in [0.15, 0.2) is 0 Å². The standard InChI is InChI=1S/C31H39N3O5S/c1-30(2,3)38-28(36)33-15-11-22(12-16-33)21-7-9-25(10-8-21)32-27(35)26-19-24(20-40-26)23-13-17-34(18-14-23)29(37)39-31(4,5)6/h7-11,13,19-20H,12,14-18H2,1-6H3,(H,32,35). The Morgan fingerprint density at radius 1 is 0.775 bits per heavy atom. The van der Waals surface area contributed by atoms with Crippen molar-refractivity contribution in [3.05, 3.63) is 63.9 Å². The van der Waals surface area contributed by atoms with Gasteiger partial charge in [0.1, 0.15) is 11.2 Å². The van der Waals surface area contributed by atoms with E-state index >= 15 is 0 Å². The van der Waals surface area contributed by atoms with E-state index in [-0.39, 0.29) is 18.1 Å². The van der Waals surface area contributed by atoms with E-state index in [1.165, 1.54) is 16.9 Å². The first-order valence-corrected chi connectivity index (χ1v) is 14.5. The van der Waals surface area contributed by atoms with Gasteiger partial charge in [-0.15, -0.1) is 11.3 Å². The molecule has 0 saturated heterocycles. The number of amides is 3. The molecule has 2 aliphatic heterocycles. The highest BCUT2D eigenvalue weighted by molar-refractivity contribution is 7.12. The summed E-state index contributed by atoms with van der Waals surface area (Å²) in [6, 6.07) is 9.70. The summed E-state index contributed by atoms with van der Waals surface area (Å²) in [7, 11) is 0. The van der Waals surface area contributed by atoms with Crippen LogP contribution in [0.2, 0.25) is 0 Å². The maximum Gasteiger partial charge on any atom is 0.410 e. The zero-order chi connectivity index (χ0) is 29.1. The molecule has 0 aliphatic carbocycles. The lowest BCUT2D eigenvalue weighted by atomic mass is 9.99. The van der Waals surface area contributed by atoms with Gasteiger partial charge in [0.25, 0.3) is 5.91 Å². The van der Waals surface area contributed by atoms with Gasteiger partial charge in [-0.3, -0.25) is 4.79 Å². The SMILES string of the molecule is CC(C)(C)OC(=O)N1CC=C(c2ccc(NC(=O)c3cc(C4=CCN(C(=O)OC(C)(C)C)CC4)cs3)cc2)CC1. The molecule has 0 atom stereocenters. The molecule has 1 N–H and O–H groups in total. The summed E-state index contributed by atoms with van der Waals surface area (Å²) in [5.74, 6) is -0.152. The number of nitrogens with one attached hydrogen (secondary N) is 1. The molecule has 1 aromatic carbocycles. The number of carbonyl (C=O) groups is 3. The van der Waals surface area contributed by atoms with Gasteiger partial charge in [0.2, 0.25) is 0 Å². The molecule has 40 heavy (non-hydrogen) atoms. The second kappa shape index (κ2) is 11.9. The Kier molecular flexibility index (Phi) is 8.73. The van der Waals surface area contributed by atoms with E-state index in [1.54, 1.807) is 9.80 Å². The normalized spacial score (nSPS) is 16.1. The van der Waals surface area contributed by atoms with Crippen LogP contribution in [0.1, 0.15) is 75.2 Å². The van der Waals surface area contributed by atoms with Crippen molar-refractivity contribution in [1.82, 2.24) is 9.80 Å². The average molecular weight is 566 g/mol. The van der Waals surface area contributed by atoms with Crippen molar-refractivity contribution in [2.45, 2.75) is 65.6 Å². The molecule has 3 heterocycles. The Morgan fingerprint density at radius 2 is 1.27 bits per heavy atom. The first-order chi connectivity index (χ1) is 18.8. The number of hydrogen-bond acceptors (Lipinski definition) is 6. The topological polar surface area (TPSA) is 88.2 Å². The minimum Gasteiger partial charge on any atom is -0.444 e. The molecule has 9 heteroatoms. The Bertz CT molecular complexity index is 1310. The van der Waals surface area contributed by atoms with Crippen LogP contribution in [0.15, 0.2) is 47.9 Å². The van der Waals surface area contributed by atoms with Crippen molar-refractivity contribution in [3.8, 4) is 0 Å². The van der Waals surface area contributed by atoms with E-state index in [0.29, 0.717) is 37.5 Å². The van der Waals surface area contributed by atoms with Gasteiger partial charge in [-0.25, -0.2) is 9.59 Å². The highest BCUT2D eigenvalue weighted by Crippen LogP contribution is 2.29. The molecular weight excluding hydrogens is 526 g/mol. The van der Waals surface area contributed by atoms with E-state index in [4.69, 9.17) is 9.47 Å². The predicted molar refractivity (Wildman–Crippen MR) is 160 cm³/mol. The van der Waals surface area contributed by atoms with Crippen LogP contribution in [0.5, 0.6) is 0 Å². The number of thiophene rings is 1. The molecule has 214 valence electrons. The lowest BCUT2D eigenvalue weighted by Crippen LogP contribution is -2.39. The lowest BCUT2D eigenvalue weighted by Gasteiger charge is -2.29. The van der Waals surface area contributed by atoms with Gasteiger partial charge in [0.05, 0.1) is 4.88 Å². The fourth-order valence-corrected chi connectivity index (χ4v) is 5.26. The van der Waals surface area contributed by atoms with Crippen LogP contribution in [0.25, 0.3) is 11.1 Å². The summed E-state index contributed by atoms with van der Waals surface area (Å²) >= 11 is 1.41. The fraction of sp³-hybridized carbons (Fsp3) is 0.452. The molecule has 8 nitrogen and oxygen atoms in total. The number of anilines is 1. The summed E-state index contributed by atoms with van der Waals surface area (Å²) in [5, 5.41) is 4.97. The van der Waals surface area contributed by atoms with Crippen LogP contribution in [-0.2, 0) is 9.47 Å². The number of hydrogen-bond donors (Lipinski definition) is 1. The molecule has 0 radical (unpaired) electrons.